The minimum atomic E-state index is -0.261. The molecule has 3 aromatic rings. The lowest BCUT2D eigenvalue weighted by atomic mass is 10.3. The van der Waals surface area contributed by atoms with Crippen molar-refractivity contribution in [3.05, 3.63) is 65.7 Å². The van der Waals surface area contributed by atoms with Crippen molar-refractivity contribution in [2.45, 2.75) is 13.8 Å². The second-order valence-corrected chi connectivity index (χ2v) is 5.67. The number of aryl methyl sites for hydroxylation is 2. The van der Waals surface area contributed by atoms with E-state index in [-0.39, 0.29) is 5.91 Å². The smallest absolute Gasteiger partial charge is 0.269 e. The van der Waals surface area contributed by atoms with E-state index in [1.54, 1.807) is 25.4 Å². The number of ether oxygens (including phenoxy) is 1. The van der Waals surface area contributed by atoms with Gasteiger partial charge < -0.3 is 15.4 Å². The number of aromatic nitrogens is 3. The summed E-state index contributed by atoms with van der Waals surface area (Å²) < 4.78 is 5.77. The zero-order valence-electron chi connectivity index (χ0n) is 14.8. The summed E-state index contributed by atoms with van der Waals surface area (Å²) in [6.07, 6.45) is 3.32. The molecule has 2 heterocycles. The third kappa shape index (κ3) is 4.13. The van der Waals surface area contributed by atoms with Gasteiger partial charge in [0, 0.05) is 36.9 Å². The molecule has 1 amide bonds. The molecule has 0 spiro atoms. The summed E-state index contributed by atoms with van der Waals surface area (Å²) in [5.41, 5.74) is 3.14. The highest BCUT2D eigenvalue weighted by atomic mass is 16.5. The van der Waals surface area contributed by atoms with E-state index in [2.05, 4.69) is 25.6 Å². The van der Waals surface area contributed by atoms with Gasteiger partial charge in [0.25, 0.3) is 5.91 Å². The van der Waals surface area contributed by atoms with E-state index in [4.69, 9.17) is 4.74 Å². The van der Waals surface area contributed by atoms with Crippen LogP contribution in [0.2, 0.25) is 0 Å². The molecule has 0 unspecified atom stereocenters. The molecule has 0 aliphatic rings. The number of nitrogens with zero attached hydrogens (tertiary/aromatic N) is 3. The molecule has 0 saturated carbocycles. The van der Waals surface area contributed by atoms with Gasteiger partial charge in [0.15, 0.2) is 0 Å². The number of carbonyl (C=O) groups is 1. The molecule has 0 fully saturated rings. The van der Waals surface area contributed by atoms with Crippen molar-refractivity contribution in [3.63, 3.8) is 0 Å². The van der Waals surface area contributed by atoms with Crippen molar-refractivity contribution < 1.29 is 9.53 Å². The van der Waals surface area contributed by atoms with E-state index >= 15 is 0 Å². The summed E-state index contributed by atoms with van der Waals surface area (Å²) in [6, 6.07) is 10.7. The van der Waals surface area contributed by atoms with Crippen molar-refractivity contribution in [2.24, 2.45) is 0 Å². The van der Waals surface area contributed by atoms with Crippen molar-refractivity contribution in [1.82, 2.24) is 20.3 Å². The Labute approximate surface area is 151 Å². The van der Waals surface area contributed by atoms with Gasteiger partial charge in [-0.1, -0.05) is 0 Å². The number of amides is 1. The highest BCUT2D eigenvalue weighted by Crippen LogP contribution is 2.24. The molecule has 0 aliphatic heterocycles. The Balaban J connectivity index is 1.69. The minimum absolute atomic E-state index is 0.261. The number of rotatable bonds is 5. The summed E-state index contributed by atoms with van der Waals surface area (Å²) >= 11 is 0. The summed E-state index contributed by atoms with van der Waals surface area (Å²) in [4.78, 5) is 24.3. The molecule has 132 valence electrons. The fourth-order valence-electron chi connectivity index (χ4n) is 2.19. The topological polar surface area (TPSA) is 89.0 Å². The van der Waals surface area contributed by atoms with Gasteiger partial charge in [-0.3, -0.25) is 9.78 Å². The zero-order chi connectivity index (χ0) is 18.5. The molecule has 2 aromatic heterocycles. The highest BCUT2D eigenvalue weighted by Gasteiger charge is 2.07. The SMILES string of the molecule is CNC(=O)c1cc(Oc2ccc(Nc3ncc(C)c(C)n3)cc2)ccn1. The lowest BCUT2D eigenvalue weighted by Crippen LogP contribution is -2.18. The van der Waals surface area contributed by atoms with Gasteiger partial charge in [0.1, 0.15) is 17.2 Å². The lowest BCUT2D eigenvalue weighted by Gasteiger charge is -2.09. The molecule has 7 nitrogen and oxygen atoms in total. The predicted octanol–water partition coefficient (Wildman–Crippen LogP) is 3.38. The van der Waals surface area contributed by atoms with Crippen LogP contribution in [-0.4, -0.2) is 27.9 Å². The first-order valence-electron chi connectivity index (χ1n) is 8.08. The number of hydrogen-bond acceptors (Lipinski definition) is 6. The molecule has 0 bridgehead atoms. The number of hydrogen-bond donors (Lipinski definition) is 2. The third-order valence-corrected chi connectivity index (χ3v) is 3.76. The first-order valence-corrected chi connectivity index (χ1v) is 8.08. The van der Waals surface area contributed by atoms with Crippen LogP contribution in [0.4, 0.5) is 11.6 Å². The average Bonchev–Trinajstić information content (AvgIpc) is 2.66. The van der Waals surface area contributed by atoms with Crippen LogP contribution in [0.3, 0.4) is 0 Å². The van der Waals surface area contributed by atoms with E-state index < -0.39 is 0 Å². The molecular formula is C19H19N5O2. The van der Waals surface area contributed by atoms with Crippen LogP contribution >= 0.6 is 0 Å². The van der Waals surface area contributed by atoms with Gasteiger partial charge in [-0.05, 0) is 49.7 Å². The van der Waals surface area contributed by atoms with E-state index in [9.17, 15) is 4.79 Å². The van der Waals surface area contributed by atoms with Crippen LogP contribution in [0.25, 0.3) is 0 Å². The van der Waals surface area contributed by atoms with Crippen LogP contribution in [0.1, 0.15) is 21.7 Å². The van der Waals surface area contributed by atoms with Crippen LogP contribution in [0.5, 0.6) is 11.5 Å². The Morgan fingerprint density at radius 3 is 2.50 bits per heavy atom. The zero-order valence-corrected chi connectivity index (χ0v) is 14.8. The number of carbonyl (C=O) groups excluding carboxylic acids is 1. The molecule has 3 rings (SSSR count). The maximum Gasteiger partial charge on any atom is 0.269 e. The number of benzene rings is 1. The molecule has 0 aliphatic carbocycles. The highest BCUT2D eigenvalue weighted by molar-refractivity contribution is 5.92. The third-order valence-electron chi connectivity index (χ3n) is 3.76. The first-order chi connectivity index (χ1) is 12.5. The van der Waals surface area contributed by atoms with E-state index in [1.807, 2.05) is 38.1 Å². The van der Waals surface area contributed by atoms with Crippen molar-refractivity contribution >= 4 is 17.5 Å². The maximum atomic E-state index is 11.6. The van der Waals surface area contributed by atoms with Crippen molar-refractivity contribution in [1.29, 1.82) is 0 Å². The lowest BCUT2D eigenvalue weighted by molar-refractivity contribution is 0.0958. The number of nitrogens with one attached hydrogen (secondary N) is 2. The number of pyridine rings is 1. The van der Waals surface area contributed by atoms with Crippen molar-refractivity contribution in [2.75, 3.05) is 12.4 Å². The number of anilines is 2. The molecule has 0 atom stereocenters. The standard InChI is InChI=1S/C19H19N5O2/c1-12-11-22-19(23-13(12)2)24-14-4-6-15(7-5-14)26-16-8-9-21-17(10-16)18(25)20-3/h4-11H,1-3H3,(H,20,25)(H,22,23,24). The second kappa shape index (κ2) is 7.60. The van der Waals surface area contributed by atoms with E-state index in [1.165, 1.54) is 6.20 Å². The van der Waals surface area contributed by atoms with E-state index in [0.717, 1.165) is 16.9 Å². The van der Waals surface area contributed by atoms with Gasteiger partial charge >= 0.3 is 0 Å². The average molecular weight is 349 g/mol. The van der Waals surface area contributed by atoms with Gasteiger partial charge in [0.2, 0.25) is 5.95 Å². The molecular weight excluding hydrogens is 330 g/mol. The van der Waals surface area contributed by atoms with Crippen LogP contribution in [-0.2, 0) is 0 Å². The monoisotopic (exact) mass is 349 g/mol. The van der Waals surface area contributed by atoms with Gasteiger partial charge in [-0.25, -0.2) is 9.97 Å². The van der Waals surface area contributed by atoms with Crippen molar-refractivity contribution in [3.8, 4) is 11.5 Å². The first kappa shape index (κ1) is 17.3. The molecule has 2 N–H and O–H groups in total. The fraction of sp³-hybridized carbons (Fsp3) is 0.158. The fourth-order valence-corrected chi connectivity index (χ4v) is 2.19. The molecule has 1 aromatic carbocycles. The van der Waals surface area contributed by atoms with Gasteiger partial charge in [-0.2, -0.15) is 0 Å². The van der Waals surface area contributed by atoms with Crippen LogP contribution < -0.4 is 15.4 Å². The maximum absolute atomic E-state index is 11.6. The molecule has 0 saturated heterocycles. The molecule has 0 radical (unpaired) electrons. The Bertz CT molecular complexity index is 925. The predicted molar refractivity (Wildman–Crippen MR) is 98.9 cm³/mol. The Kier molecular flexibility index (Phi) is 5.07. The largest absolute Gasteiger partial charge is 0.457 e. The van der Waals surface area contributed by atoms with Gasteiger partial charge in [0.05, 0.1) is 0 Å². The Morgan fingerprint density at radius 2 is 1.81 bits per heavy atom. The second-order valence-electron chi connectivity index (χ2n) is 5.67. The van der Waals surface area contributed by atoms with Gasteiger partial charge in [-0.15, -0.1) is 0 Å². The summed E-state index contributed by atoms with van der Waals surface area (Å²) in [7, 11) is 1.56. The van der Waals surface area contributed by atoms with E-state index in [0.29, 0.717) is 23.1 Å². The quantitative estimate of drug-likeness (QED) is 0.734. The normalized spacial score (nSPS) is 10.3. The summed E-state index contributed by atoms with van der Waals surface area (Å²) in [6.45, 7) is 3.92. The molecule has 26 heavy (non-hydrogen) atoms. The van der Waals surface area contributed by atoms with Crippen LogP contribution in [0, 0.1) is 13.8 Å². The minimum Gasteiger partial charge on any atom is -0.457 e. The molecule has 7 heteroatoms. The Morgan fingerprint density at radius 1 is 1.04 bits per heavy atom. The van der Waals surface area contributed by atoms with Crippen LogP contribution in [0.15, 0.2) is 48.8 Å². The Hall–Kier alpha value is -3.48. The summed E-state index contributed by atoms with van der Waals surface area (Å²) in [5.74, 6) is 1.47. The summed E-state index contributed by atoms with van der Waals surface area (Å²) in [5, 5.41) is 5.69.